The number of benzene rings is 12. The maximum atomic E-state index is 2.45. The number of fused-ring (bicyclic) bond motifs is 6. The summed E-state index contributed by atoms with van der Waals surface area (Å²) in [6, 6.07) is 106. The van der Waals surface area contributed by atoms with Crippen LogP contribution in [0.3, 0.4) is 0 Å². The van der Waals surface area contributed by atoms with Crippen molar-refractivity contribution in [1.82, 2.24) is 9.13 Å². The molecule has 0 unspecified atom stereocenters. The molecule has 0 bridgehead atoms. The van der Waals surface area contributed by atoms with Gasteiger partial charge in [0.1, 0.15) is 0 Å². The number of hydrogen-bond acceptors (Lipinski definition) is 0. The first-order chi connectivity index (χ1) is 36.7. The van der Waals surface area contributed by atoms with E-state index in [4.69, 9.17) is 0 Å². The zero-order valence-electron chi connectivity index (χ0n) is 40.6. The van der Waals surface area contributed by atoms with E-state index in [1.54, 1.807) is 0 Å². The molecule has 0 spiro atoms. The van der Waals surface area contributed by atoms with Crippen LogP contribution in [0.15, 0.2) is 291 Å². The zero-order valence-corrected chi connectivity index (χ0v) is 40.6. The number of rotatable bonds is 9. The summed E-state index contributed by atoms with van der Waals surface area (Å²) in [6.07, 6.45) is 0. The summed E-state index contributed by atoms with van der Waals surface area (Å²) < 4.78 is 4.90. The van der Waals surface area contributed by atoms with E-state index in [1.807, 2.05) is 0 Å². The van der Waals surface area contributed by atoms with Crippen LogP contribution in [0.4, 0.5) is 0 Å². The Hall–Kier alpha value is -9.76. The zero-order chi connectivity index (χ0) is 49.0. The van der Waals surface area contributed by atoms with Gasteiger partial charge in [0, 0.05) is 32.8 Å². The molecule has 2 nitrogen and oxygen atoms in total. The molecule has 0 atom stereocenters. The van der Waals surface area contributed by atoms with Gasteiger partial charge in [0.15, 0.2) is 0 Å². The standard InChI is InChI=1S/C72H48N2/c1-5-18-49(19-6-1)55-26-15-28-60(44-55)62-31-17-33-71-72(62)66-48-59(40-43-70(66)73(71)61-29-16-27-56(45-61)50-20-7-2-8-21-50)53-36-34-52(35-37-53)58-39-42-69-65(47-58)63-30-13-14-32-67(63)74(69)68-41-38-57(51-22-9-3-10-23-51)46-64(68)54-24-11-4-12-25-54/h1-48H. The molecule has 0 fully saturated rings. The van der Waals surface area contributed by atoms with Crippen molar-refractivity contribution in [3.63, 3.8) is 0 Å². The third-order valence-corrected chi connectivity index (χ3v) is 14.9. The summed E-state index contributed by atoms with van der Waals surface area (Å²) in [6.45, 7) is 0. The molecule has 346 valence electrons. The Morgan fingerprint density at radius 1 is 0.189 bits per heavy atom. The highest BCUT2D eigenvalue weighted by molar-refractivity contribution is 6.17. The average Bonchev–Trinajstić information content (AvgIpc) is 4.03. The number of para-hydroxylation sites is 1. The lowest BCUT2D eigenvalue weighted by Gasteiger charge is -2.16. The number of aromatic nitrogens is 2. The van der Waals surface area contributed by atoms with Crippen molar-refractivity contribution in [2.75, 3.05) is 0 Å². The molecule has 74 heavy (non-hydrogen) atoms. The molecule has 0 N–H and O–H groups in total. The second-order valence-corrected chi connectivity index (χ2v) is 19.3. The van der Waals surface area contributed by atoms with Gasteiger partial charge in [-0.3, -0.25) is 0 Å². The molecule has 14 rings (SSSR count). The predicted molar refractivity (Wildman–Crippen MR) is 313 cm³/mol. The summed E-state index contributed by atoms with van der Waals surface area (Å²) >= 11 is 0. The van der Waals surface area contributed by atoms with Crippen molar-refractivity contribution in [2.24, 2.45) is 0 Å². The lowest BCUT2D eigenvalue weighted by Crippen LogP contribution is -1.98. The highest BCUT2D eigenvalue weighted by atomic mass is 15.0. The van der Waals surface area contributed by atoms with Crippen molar-refractivity contribution >= 4 is 43.6 Å². The fraction of sp³-hybridized carbons (Fsp3) is 0. The van der Waals surface area contributed by atoms with Gasteiger partial charge >= 0.3 is 0 Å². The Morgan fingerprint density at radius 3 is 1.26 bits per heavy atom. The van der Waals surface area contributed by atoms with Crippen LogP contribution in [-0.4, -0.2) is 9.13 Å². The Bertz CT molecular complexity index is 4370. The number of nitrogens with zero attached hydrogens (tertiary/aromatic N) is 2. The second-order valence-electron chi connectivity index (χ2n) is 19.3. The van der Waals surface area contributed by atoms with Crippen LogP contribution in [0, 0.1) is 0 Å². The average molecular weight is 941 g/mol. The maximum absolute atomic E-state index is 2.45. The van der Waals surface area contributed by atoms with Gasteiger partial charge in [-0.25, -0.2) is 0 Å². The van der Waals surface area contributed by atoms with Gasteiger partial charge in [0.2, 0.25) is 0 Å². The fourth-order valence-corrected chi connectivity index (χ4v) is 11.4. The van der Waals surface area contributed by atoms with Crippen LogP contribution >= 0.6 is 0 Å². The summed E-state index contributed by atoms with van der Waals surface area (Å²) in [5.41, 5.74) is 23.8. The molecule has 2 aromatic heterocycles. The lowest BCUT2D eigenvalue weighted by molar-refractivity contribution is 1.18. The van der Waals surface area contributed by atoms with Gasteiger partial charge < -0.3 is 9.13 Å². The first kappa shape index (κ1) is 43.1. The fourth-order valence-electron chi connectivity index (χ4n) is 11.4. The highest BCUT2D eigenvalue weighted by Crippen LogP contribution is 2.43. The predicted octanol–water partition coefficient (Wildman–Crippen LogP) is 19.5. The second kappa shape index (κ2) is 18.1. The van der Waals surface area contributed by atoms with Gasteiger partial charge in [0.05, 0.1) is 27.8 Å². The minimum absolute atomic E-state index is 1.14. The molecule has 2 heteroatoms. The van der Waals surface area contributed by atoms with Crippen LogP contribution in [-0.2, 0) is 0 Å². The first-order valence-corrected chi connectivity index (χ1v) is 25.5. The van der Waals surface area contributed by atoms with E-state index in [2.05, 4.69) is 300 Å². The quantitative estimate of drug-likeness (QED) is 0.136. The molecule has 0 aliphatic rings. The van der Waals surface area contributed by atoms with E-state index in [0.29, 0.717) is 0 Å². The lowest BCUT2D eigenvalue weighted by atomic mass is 9.94. The Morgan fingerprint density at radius 2 is 0.608 bits per heavy atom. The summed E-state index contributed by atoms with van der Waals surface area (Å²) in [5.74, 6) is 0. The molecule has 0 saturated heterocycles. The van der Waals surface area contributed by atoms with Crippen LogP contribution in [0.1, 0.15) is 0 Å². The molecule has 0 saturated carbocycles. The smallest absolute Gasteiger partial charge is 0.0547 e. The molecule has 12 aromatic carbocycles. The van der Waals surface area contributed by atoms with Gasteiger partial charge in [-0.1, -0.05) is 224 Å². The van der Waals surface area contributed by atoms with Crippen molar-refractivity contribution in [3.8, 4) is 89.3 Å². The van der Waals surface area contributed by atoms with E-state index in [9.17, 15) is 0 Å². The SMILES string of the molecule is c1ccc(-c2cccc(-c3cccc4c3c3cc(-c5ccc(-c6ccc7c(c6)c6ccccc6n7-c6ccc(-c7ccccc7)cc6-c6ccccc6)cc5)ccc3n4-c3cccc(-c4ccccc4)c3)c2)cc1. The van der Waals surface area contributed by atoms with Crippen molar-refractivity contribution < 1.29 is 0 Å². The molecule has 0 aliphatic heterocycles. The summed E-state index contributed by atoms with van der Waals surface area (Å²) in [5, 5.41) is 4.93. The maximum Gasteiger partial charge on any atom is 0.0547 e. The largest absolute Gasteiger partial charge is 0.309 e. The molecule has 0 radical (unpaired) electrons. The first-order valence-electron chi connectivity index (χ1n) is 25.5. The topological polar surface area (TPSA) is 9.86 Å². The van der Waals surface area contributed by atoms with E-state index >= 15 is 0 Å². The Labute approximate surface area is 431 Å². The molecular formula is C72H48N2. The highest BCUT2D eigenvalue weighted by Gasteiger charge is 2.20. The van der Waals surface area contributed by atoms with E-state index < -0.39 is 0 Å². The Balaban J connectivity index is 0.876. The third-order valence-electron chi connectivity index (χ3n) is 14.9. The van der Waals surface area contributed by atoms with E-state index in [1.165, 1.54) is 122 Å². The Kier molecular flexibility index (Phi) is 10.6. The summed E-state index contributed by atoms with van der Waals surface area (Å²) in [4.78, 5) is 0. The van der Waals surface area contributed by atoms with Gasteiger partial charge in [-0.15, -0.1) is 0 Å². The molecule has 0 amide bonds. The van der Waals surface area contributed by atoms with Crippen LogP contribution in [0.25, 0.3) is 133 Å². The normalized spacial score (nSPS) is 11.5. The van der Waals surface area contributed by atoms with Gasteiger partial charge in [0.25, 0.3) is 0 Å². The van der Waals surface area contributed by atoms with Crippen molar-refractivity contribution in [2.45, 2.75) is 0 Å². The monoisotopic (exact) mass is 940 g/mol. The van der Waals surface area contributed by atoms with Gasteiger partial charge in [-0.05, 0) is 139 Å². The van der Waals surface area contributed by atoms with Crippen molar-refractivity contribution in [3.05, 3.63) is 291 Å². The molecule has 0 aliphatic carbocycles. The van der Waals surface area contributed by atoms with Crippen LogP contribution in [0.5, 0.6) is 0 Å². The van der Waals surface area contributed by atoms with Crippen LogP contribution < -0.4 is 0 Å². The van der Waals surface area contributed by atoms with Crippen molar-refractivity contribution in [1.29, 1.82) is 0 Å². The van der Waals surface area contributed by atoms with E-state index in [-0.39, 0.29) is 0 Å². The molecular weight excluding hydrogens is 893 g/mol. The van der Waals surface area contributed by atoms with Gasteiger partial charge in [-0.2, -0.15) is 0 Å². The minimum Gasteiger partial charge on any atom is -0.309 e. The molecule has 14 aromatic rings. The number of hydrogen-bond donors (Lipinski definition) is 0. The van der Waals surface area contributed by atoms with Crippen LogP contribution in [0.2, 0.25) is 0 Å². The molecule has 2 heterocycles. The third kappa shape index (κ3) is 7.52. The van der Waals surface area contributed by atoms with E-state index in [0.717, 1.165) is 11.4 Å². The minimum atomic E-state index is 1.14. The summed E-state index contributed by atoms with van der Waals surface area (Å²) in [7, 11) is 0.